The molecule has 13 heteroatoms. The number of aryl methyl sites for hydroxylation is 1. The Morgan fingerprint density at radius 3 is 2.42 bits per heavy atom. The van der Waals surface area contributed by atoms with Crippen LogP contribution in [0.3, 0.4) is 0 Å². The number of alkyl halides is 3. The zero-order valence-corrected chi connectivity index (χ0v) is 19.4. The minimum absolute atomic E-state index is 0.0920. The number of benzene rings is 1. The summed E-state index contributed by atoms with van der Waals surface area (Å²) in [5.41, 5.74) is 0.756. The van der Waals surface area contributed by atoms with E-state index in [-0.39, 0.29) is 29.7 Å². The first-order valence-electron chi connectivity index (χ1n) is 11.1. The maximum atomic E-state index is 12.7. The number of hydrogen-bond acceptors (Lipinski definition) is 9. The Kier molecular flexibility index (Phi) is 7.08. The van der Waals surface area contributed by atoms with Gasteiger partial charge in [0.05, 0.1) is 17.4 Å². The lowest BCUT2D eigenvalue weighted by Crippen LogP contribution is -2.38. The lowest BCUT2D eigenvalue weighted by atomic mass is 10.1. The van der Waals surface area contributed by atoms with E-state index in [1.54, 1.807) is 6.07 Å². The average Bonchev–Trinajstić information content (AvgIpc) is 3.28. The molecule has 0 radical (unpaired) electrons. The molecule has 1 amide bonds. The van der Waals surface area contributed by atoms with Gasteiger partial charge in [-0.25, -0.2) is 4.98 Å². The van der Waals surface area contributed by atoms with Gasteiger partial charge in [0.15, 0.2) is 0 Å². The molecule has 1 aliphatic heterocycles. The summed E-state index contributed by atoms with van der Waals surface area (Å²) in [6.07, 6.45) is -1.61. The Hall–Kier alpha value is -4.16. The summed E-state index contributed by atoms with van der Waals surface area (Å²) >= 11 is 0. The van der Waals surface area contributed by atoms with Crippen LogP contribution in [-0.2, 0) is 15.7 Å². The number of carbonyl (C=O) groups is 2. The van der Waals surface area contributed by atoms with E-state index in [0.717, 1.165) is 23.5 Å². The molecule has 190 valence electrons. The molecule has 0 unspecified atom stereocenters. The highest BCUT2D eigenvalue weighted by atomic mass is 19.4. The number of piperidine rings is 1. The van der Waals surface area contributed by atoms with Gasteiger partial charge in [-0.1, -0.05) is 5.10 Å². The van der Waals surface area contributed by atoms with Crippen molar-refractivity contribution in [3.05, 3.63) is 53.5 Å². The number of rotatable bonds is 6. The van der Waals surface area contributed by atoms with Gasteiger partial charge in [-0.3, -0.25) is 9.59 Å². The third-order valence-electron chi connectivity index (χ3n) is 5.47. The van der Waals surface area contributed by atoms with Crippen LogP contribution in [0.25, 0.3) is 0 Å². The second kappa shape index (κ2) is 10.2. The number of esters is 1. The Bertz CT molecular complexity index is 1240. The lowest BCUT2D eigenvalue weighted by molar-refractivity contribution is -0.147. The summed E-state index contributed by atoms with van der Waals surface area (Å²) in [5.74, 6) is -0.514. The Labute approximate surface area is 203 Å². The van der Waals surface area contributed by atoms with E-state index >= 15 is 0 Å². The third kappa shape index (κ3) is 6.09. The molecule has 2 N–H and O–H groups in total. The number of ether oxygens (including phenoxy) is 1. The predicted octanol–water partition coefficient (Wildman–Crippen LogP) is 4.32. The molecule has 0 atom stereocenters. The summed E-state index contributed by atoms with van der Waals surface area (Å²) in [7, 11) is 0. The molecule has 0 bridgehead atoms. The van der Waals surface area contributed by atoms with E-state index in [9.17, 15) is 22.8 Å². The summed E-state index contributed by atoms with van der Waals surface area (Å²) in [6, 6.07) is 5.85. The highest BCUT2D eigenvalue weighted by Gasteiger charge is 2.30. The maximum Gasteiger partial charge on any atom is 0.416 e. The average molecular weight is 504 g/mol. The standard InChI is InChI=1S/C23H23F3N6O4/c1-13-11-17(12-27-19(13)32-9-7-18(8-10-32)35-14(2)33)28-20(34)21-30-31-22(36-21)29-16-5-3-15(4-6-16)23(24,25)26/h3-6,11-12,18H,7-10H2,1-2H3,(H,28,34)(H,29,31). The molecular formula is C23H23F3N6O4. The fourth-order valence-electron chi connectivity index (χ4n) is 3.80. The number of nitrogens with one attached hydrogen (secondary N) is 2. The minimum atomic E-state index is -4.44. The van der Waals surface area contributed by atoms with Crippen molar-refractivity contribution in [2.75, 3.05) is 28.6 Å². The molecule has 2 aromatic heterocycles. The van der Waals surface area contributed by atoms with E-state index in [1.807, 2.05) is 6.92 Å². The van der Waals surface area contributed by atoms with Crippen molar-refractivity contribution in [1.82, 2.24) is 15.2 Å². The smallest absolute Gasteiger partial charge is 0.416 e. The van der Waals surface area contributed by atoms with Gasteiger partial charge in [-0.15, -0.1) is 5.10 Å². The van der Waals surface area contributed by atoms with E-state index in [0.29, 0.717) is 31.6 Å². The van der Waals surface area contributed by atoms with Crippen LogP contribution in [0.1, 0.15) is 41.6 Å². The molecule has 1 aliphatic rings. The van der Waals surface area contributed by atoms with Crippen molar-refractivity contribution < 1.29 is 31.9 Å². The zero-order chi connectivity index (χ0) is 25.9. The number of pyridine rings is 1. The van der Waals surface area contributed by atoms with Crippen LogP contribution in [0.4, 0.5) is 36.4 Å². The van der Waals surface area contributed by atoms with Crippen molar-refractivity contribution in [2.45, 2.75) is 39.0 Å². The molecule has 10 nitrogen and oxygen atoms in total. The summed E-state index contributed by atoms with van der Waals surface area (Å²) in [6.45, 7) is 4.65. The summed E-state index contributed by atoms with van der Waals surface area (Å²) < 4.78 is 48.6. The van der Waals surface area contributed by atoms with E-state index in [4.69, 9.17) is 9.15 Å². The van der Waals surface area contributed by atoms with E-state index < -0.39 is 17.6 Å². The Morgan fingerprint density at radius 1 is 1.11 bits per heavy atom. The number of anilines is 4. The van der Waals surface area contributed by atoms with Crippen LogP contribution in [0.15, 0.2) is 40.9 Å². The topological polar surface area (TPSA) is 122 Å². The number of aromatic nitrogens is 3. The number of hydrogen-bond donors (Lipinski definition) is 2. The van der Waals surface area contributed by atoms with Crippen LogP contribution in [0.5, 0.6) is 0 Å². The number of carbonyl (C=O) groups excluding carboxylic acids is 2. The van der Waals surface area contributed by atoms with E-state index in [1.165, 1.54) is 25.3 Å². The second-order valence-corrected chi connectivity index (χ2v) is 8.23. The Balaban J connectivity index is 1.34. The zero-order valence-electron chi connectivity index (χ0n) is 19.4. The molecule has 4 rings (SSSR count). The quantitative estimate of drug-likeness (QED) is 0.473. The van der Waals surface area contributed by atoms with Gasteiger partial charge in [0, 0.05) is 38.5 Å². The molecular weight excluding hydrogens is 481 g/mol. The molecule has 3 heterocycles. The fourth-order valence-corrected chi connectivity index (χ4v) is 3.80. The van der Waals surface area contributed by atoms with Gasteiger partial charge >= 0.3 is 30.0 Å². The van der Waals surface area contributed by atoms with Gasteiger partial charge in [-0.05, 0) is 42.8 Å². The molecule has 0 spiro atoms. The van der Waals surface area contributed by atoms with Gasteiger partial charge in [0.25, 0.3) is 0 Å². The van der Waals surface area contributed by atoms with E-state index in [2.05, 4.69) is 30.7 Å². The third-order valence-corrected chi connectivity index (χ3v) is 5.47. The van der Waals surface area contributed by atoms with Gasteiger partial charge in [0.2, 0.25) is 0 Å². The largest absolute Gasteiger partial charge is 0.462 e. The first-order chi connectivity index (χ1) is 17.1. The van der Waals surface area contributed by atoms with Crippen molar-refractivity contribution in [3.63, 3.8) is 0 Å². The number of halogens is 3. The van der Waals surface area contributed by atoms with Crippen molar-refractivity contribution in [1.29, 1.82) is 0 Å². The predicted molar refractivity (Wildman–Crippen MR) is 123 cm³/mol. The second-order valence-electron chi connectivity index (χ2n) is 8.23. The molecule has 3 aromatic rings. The van der Waals surface area contributed by atoms with Crippen molar-refractivity contribution in [2.24, 2.45) is 0 Å². The van der Waals surface area contributed by atoms with Gasteiger partial charge in [-0.2, -0.15) is 13.2 Å². The number of nitrogens with zero attached hydrogens (tertiary/aromatic N) is 4. The van der Waals surface area contributed by atoms with Crippen LogP contribution < -0.4 is 15.5 Å². The minimum Gasteiger partial charge on any atom is -0.462 e. The van der Waals surface area contributed by atoms with Crippen molar-refractivity contribution >= 4 is 35.1 Å². The molecule has 0 aliphatic carbocycles. The van der Waals surface area contributed by atoms with Gasteiger partial charge in [0.1, 0.15) is 11.9 Å². The first-order valence-corrected chi connectivity index (χ1v) is 11.1. The normalized spacial score (nSPS) is 14.4. The van der Waals surface area contributed by atoms with Crippen LogP contribution >= 0.6 is 0 Å². The van der Waals surface area contributed by atoms with Crippen LogP contribution in [0.2, 0.25) is 0 Å². The first kappa shape index (κ1) is 24.9. The highest BCUT2D eigenvalue weighted by molar-refractivity contribution is 6.01. The number of amides is 1. The molecule has 36 heavy (non-hydrogen) atoms. The monoisotopic (exact) mass is 504 g/mol. The van der Waals surface area contributed by atoms with Crippen molar-refractivity contribution in [3.8, 4) is 0 Å². The SMILES string of the molecule is CC(=O)OC1CCN(c2ncc(NC(=O)c3nnc(Nc4ccc(C(F)(F)F)cc4)o3)cc2C)CC1. The molecule has 1 fully saturated rings. The van der Waals surface area contributed by atoms with Crippen LogP contribution in [-0.4, -0.2) is 46.3 Å². The Morgan fingerprint density at radius 2 is 1.81 bits per heavy atom. The summed E-state index contributed by atoms with van der Waals surface area (Å²) in [5, 5.41) is 12.7. The fraction of sp³-hybridized carbons (Fsp3) is 0.348. The van der Waals surface area contributed by atoms with Crippen LogP contribution in [0, 0.1) is 6.92 Å². The maximum absolute atomic E-state index is 12.7. The summed E-state index contributed by atoms with van der Waals surface area (Å²) in [4.78, 5) is 30.2. The highest BCUT2D eigenvalue weighted by Crippen LogP contribution is 2.30. The lowest BCUT2D eigenvalue weighted by Gasteiger charge is -2.33. The molecule has 0 saturated carbocycles. The van der Waals surface area contributed by atoms with Gasteiger partial charge < -0.3 is 24.7 Å². The molecule has 1 saturated heterocycles. The molecule has 1 aromatic carbocycles.